The average molecular weight is 513 g/mol. The van der Waals surface area contributed by atoms with Gasteiger partial charge >= 0.3 is 6.18 Å². The van der Waals surface area contributed by atoms with Crippen LogP contribution in [-0.4, -0.2) is 23.4 Å². The van der Waals surface area contributed by atoms with Gasteiger partial charge in [0.2, 0.25) is 0 Å². The molecular formula is C28H23F4NO4. The van der Waals surface area contributed by atoms with Gasteiger partial charge in [-0.1, -0.05) is 38.1 Å². The Morgan fingerprint density at radius 3 is 2.24 bits per heavy atom. The van der Waals surface area contributed by atoms with Crippen molar-refractivity contribution in [3.8, 4) is 5.75 Å². The van der Waals surface area contributed by atoms with Crippen LogP contribution in [0, 0.1) is 11.7 Å². The predicted octanol–water partition coefficient (Wildman–Crippen LogP) is 6.51. The number of alkyl halides is 3. The molecule has 37 heavy (non-hydrogen) atoms. The first kappa shape index (κ1) is 25.9. The second-order valence-electron chi connectivity index (χ2n) is 9.00. The third-order valence-corrected chi connectivity index (χ3v) is 5.79. The van der Waals surface area contributed by atoms with Gasteiger partial charge in [0, 0.05) is 11.3 Å². The Bertz CT molecular complexity index is 1350. The topological polar surface area (TPSA) is 66.8 Å². The molecule has 1 aliphatic rings. The lowest BCUT2D eigenvalue weighted by Gasteiger charge is -2.25. The molecule has 9 heteroatoms. The zero-order valence-corrected chi connectivity index (χ0v) is 19.9. The smallest absolute Gasteiger partial charge is 0.416 e. The molecular weight excluding hydrogens is 490 g/mol. The van der Waals surface area contributed by atoms with Gasteiger partial charge in [-0.3, -0.25) is 14.5 Å². The number of nitrogens with zero attached hydrogens (tertiary/aromatic N) is 1. The van der Waals surface area contributed by atoms with Gasteiger partial charge in [-0.15, -0.1) is 0 Å². The number of carbonyl (C=O) groups excluding carboxylic acids is 2. The highest BCUT2D eigenvalue weighted by Gasteiger charge is 2.47. The van der Waals surface area contributed by atoms with E-state index < -0.39 is 41.0 Å². The first-order valence-corrected chi connectivity index (χ1v) is 11.4. The van der Waals surface area contributed by atoms with Crippen LogP contribution >= 0.6 is 0 Å². The van der Waals surface area contributed by atoms with Crippen molar-refractivity contribution in [1.29, 1.82) is 0 Å². The highest BCUT2D eigenvalue weighted by atomic mass is 19.4. The number of amides is 1. The zero-order chi connectivity index (χ0) is 26.9. The molecule has 0 aliphatic carbocycles. The van der Waals surface area contributed by atoms with E-state index in [0.717, 1.165) is 41.3 Å². The minimum Gasteiger partial charge on any atom is -0.507 e. The Labute approximate surface area is 210 Å². The van der Waals surface area contributed by atoms with E-state index in [2.05, 4.69) is 0 Å². The molecule has 0 radical (unpaired) electrons. The number of benzene rings is 3. The lowest BCUT2D eigenvalue weighted by molar-refractivity contribution is -0.137. The van der Waals surface area contributed by atoms with Crippen LogP contribution in [-0.2, 0) is 15.8 Å². The molecule has 1 unspecified atom stereocenters. The summed E-state index contributed by atoms with van der Waals surface area (Å²) >= 11 is 0. The minimum absolute atomic E-state index is 0.0116. The van der Waals surface area contributed by atoms with Gasteiger partial charge in [0.15, 0.2) is 0 Å². The van der Waals surface area contributed by atoms with Crippen LogP contribution in [0.5, 0.6) is 5.75 Å². The van der Waals surface area contributed by atoms with Crippen molar-refractivity contribution >= 4 is 23.1 Å². The second-order valence-corrected chi connectivity index (χ2v) is 9.00. The van der Waals surface area contributed by atoms with Gasteiger partial charge in [-0.2, -0.15) is 13.2 Å². The largest absolute Gasteiger partial charge is 0.507 e. The lowest BCUT2D eigenvalue weighted by atomic mass is 9.95. The summed E-state index contributed by atoms with van der Waals surface area (Å²) in [7, 11) is 0. The van der Waals surface area contributed by atoms with Crippen molar-refractivity contribution < 1.29 is 37.0 Å². The van der Waals surface area contributed by atoms with E-state index in [0.29, 0.717) is 12.4 Å². The number of ether oxygens (including phenoxy) is 1. The van der Waals surface area contributed by atoms with Crippen molar-refractivity contribution in [1.82, 2.24) is 0 Å². The number of ketones is 1. The Kier molecular flexibility index (Phi) is 7.07. The number of Topliss-reactive ketones (excluding diaryl/α,β-unsaturated/α-hetero) is 1. The highest BCUT2D eigenvalue weighted by molar-refractivity contribution is 6.51. The molecule has 0 spiro atoms. The molecule has 1 saturated heterocycles. The van der Waals surface area contributed by atoms with Gasteiger partial charge in [0.25, 0.3) is 11.7 Å². The van der Waals surface area contributed by atoms with Crippen molar-refractivity contribution in [2.24, 2.45) is 5.92 Å². The van der Waals surface area contributed by atoms with Gasteiger partial charge in [-0.25, -0.2) is 4.39 Å². The summed E-state index contributed by atoms with van der Waals surface area (Å²) in [5.74, 6) is -2.44. The highest BCUT2D eigenvalue weighted by Crippen LogP contribution is 2.43. The number of aliphatic hydroxyl groups excluding tert-OH is 1. The number of aliphatic hydroxyl groups is 1. The SMILES string of the molecule is CC(C)COc1cccc(/C(O)=C2\C(=O)C(=O)N(c3ccc(C(F)(F)F)cc3)C2c2ccc(F)cc2)c1. The van der Waals surface area contributed by atoms with Crippen molar-refractivity contribution in [2.75, 3.05) is 11.5 Å². The first-order chi connectivity index (χ1) is 17.5. The van der Waals surface area contributed by atoms with Crippen LogP contribution in [0.15, 0.2) is 78.4 Å². The monoisotopic (exact) mass is 513 g/mol. The summed E-state index contributed by atoms with van der Waals surface area (Å²) in [6.45, 7) is 4.35. The standard InChI is InChI=1S/C28H23F4NO4/c1-16(2)15-37-22-5-3-4-18(14-22)25(34)23-24(17-6-10-20(29)11-7-17)33(27(36)26(23)35)21-12-8-19(9-13-21)28(30,31)32/h3-14,16,24,34H,15H2,1-2H3/b25-23+. The van der Waals surface area contributed by atoms with Crippen LogP contribution in [0.4, 0.5) is 23.2 Å². The van der Waals surface area contributed by atoms with Crippen molar-refractivity contribution in [2.45, 2.75) is 26.1 Å². The fourth-order valence-electron chi connectivity index (χ4n) is 4.02. The molecule has 4 rings (SSSR count). The molecule has 1 amide bonds. The maximum Gasteiger partial charge on any atom is 0.416 e. The van der Waals surface area contributed by atoms with Crippen molar-refractivity contribution in [3.63, 3.8) is 0 Å². The molecule has 0 bridgehead atoms. The lowest BCUT2D eigenvalue weighted by Crippen LogP contribution is -2.29. The summed E-state index contributed by atoms with van der Waals surface area (Å²) in [5.41, 5.74) is -0.701. The molecule has 0 saturated carbocycles. The number of carbonyl (C=O) groups is 2. The molecule has 3 aromatic rings. The fourth-order valence-corrected chi connectivity index (χ4v) is 4.02. The van der Waals surface area contributed by atoms with E-state index in [1.807, 2.05) is 13.8 Å². The van der Waals surface area contributed by atoms with E-state index in [4.69, 9.17) is 4.74 Å². The predicted molar refractivity (Wildman–Crippen MR) is 129 cm³/mol. The van der Waals surface area contributed by atoms with Crippen LogP contribution in [0.2, 0.25) is 0 Å². The summed E-state index contributed by atoms with van der Waals surface area (Å²) in [5, 5.41) is 11.2. The van der Waals surface area contributed by atoms with Gasteiger partial charge < -0.3 is 9.84 Å². The number of hydrogen-bond donors (Lipinski definition) is 1. The normalized spacial score (nSPS) is 17.5. The van der Waals surface area contributed by atoms with Gasteiger partial charge in [-0.05, 0) is 60.0 Å². The summed E-state index contributed by atoms with van der Waals surface area (Å²) < 4.78 is 58.6. The minimum atomic E-state index is -4.59. The number of rotatable bonds is 6. The fraction of sp³-hybridized carbons (Fsp3) is 0.214. The van der Waals surface area contributed by atoms with Gasteiger partial charge in [0.05, 0.1) is 23.8 Å². The van der Waals surface area contributed by atoms with Crippen LogP contribution < -0.4 is 9.64 Å². The van der Waals surface area contributed by atoms with E-state index in [1.165, 1.54) is 24.3 Å². The molecule has 1 aliphatic heterocycles. The second kappa shape index (κ2) is 10.1. The van der Waals surface area contributed by atoms with Crippen molar-refractivity contribution in [3.05, 3.63) is 101 Å². The zero-order valence-electron chi connectivity index (χ0n) is 19.9. The van der Waals surface area contributed by atoms with Crippen LogP contribution in [0.25, 0.3) is 5.76 Å². The molecule has 1 fully saturated rings. The van der Waals surface area contributed by atoms with E-state index in [9.17, 15) is 32.3 Å². The maximum absolute atomic E-state index is 13.7. The molecule has 3 aromatic carbocycles. The summed E-state index contributed by atoms with van der Waals surface area (Å²) in [4.78, 5) is 27.3. The number of hydrogen-bond acceptors (Lipinski definition) is 4. The number of anilines is 1. The molecule has 5 nitrogen and oxygen atoms in total. The molecule has 1 heterocycles. The summed E-state index contributed by atoms with van der Waals surface area (Å²) in [6, 6.07) is 13.8. The van der Waals surface area contributed by atoms with Crippen LogP contribution in [0.3, 0.4) is 0 Å². The molecule has 192 valence electrons. The van der Waals surface area contributed by atoms with Gasteiger partial charge in [0.1, 0.15) is 17.3 Å². The van der Waals surface area contributed by atoms with E-state index >= 15 is 0 Å². The first-order valence-electron chi connectivity index (χ1n) is 11.4. The Morgan fingerprint density at radius 2 is 1.65 bits per heavy atom. The maximum atomic E-state index is 13.7. The molecule has 1 atom stereocenters. The Balaban J connectivity index is 1.84. The quantitative estimate of drug-likeness (QED) is 0.177. The van der Waals surface area contributed by atoms with E-state index in [1.54, 1.807) is 12.1 Å². The average Bonchev–Trinajstić information content (AvgIpc) is 3.12. The Morgan fingerprint density at radius 1 is 1.00 bits per heavy atom. The number of halogens is 4. The third-order valence-electron chi connectivity index (χ3n) is 5.79. The summed E-state index contributed by atoms with van der Waals surface area (Å²) in [6.07, 6.45) is -4.59. The third kappa shape index (κ3) is 5.35. The van der Waals surface area contributed by atoms with Crippen LogP contribution in [0.1, 0.15) is 36.6 Å². The Hall–Kier alpha value is -4.14. The van der Waals surface area contributed by atoms with E-state index in [-0.39, 0.29) is 28.3 Å². The molecule has 1 N–H and O–H groups in total. The molecule has 0 aromatic heterocycles.